The average molecular weight is 812 g/mol. The van der Waals surface area contributed by atoms with Crippen molar-refractivity contribution in [2.45, 2.75) is 0 Å². The molecule has 298 valence electrons. The fraction of sp³-hybridized carbons (Fsp3) is 0. The summed E-state index contributed by atoms with van der Waals surface area (Å²) in [6.07, 6.45) is 0. The molecule has 11 rings (SSSR count). The maximum Gasteiger partial charge on any atom is 0.0629 e. The Bertz CT molecular complexity index is 3550. The van der Waals surface area contributed by atoms with Crippen LogP contribution in [0, 0.1) is 0 Å². The Balaban J connectivity index is 1.25. The van der Waals surface area contributed by atoms with E-state index in [0.29, 0.717) is 17.3 Å². The van der Waals surface area contributed by atoms with Gasteiger partial charge in [-0.15, -0.1) is 0 Å². The van der Waals surface area contributed by atoms with Crippen molar-refractivity contribution in [3.63, 3.8) is 0 Å². The predicted octanol–water partition coefficient (Wildman–Crippen LogP) is 16.7. The number of nitrogens with zero attached hydrogens (tertiary/aromatic N) is 3. The van der Waals surface area contributed by atoms with E-state index in [2.05, 4.69) is 111 Å². The molecule has 63 heavy (non-hydrogen) atoms. The first-order valence-electron chi connectivity index (χ1n) is 24.0. The molecule has 0 radical (unpaired) electrons. The van der Waals surface area contributed by atoms with E-state index in [0.717, 1.165) is 67.4 Å². The minimum atomic E-state index is -0.454. The van der Waals surface area contributed by atoms with Crippen LogP contribution < -0.4 is 9.80 Å². The van der Waals surface area contributed by atoms with Crippen LogP contribution in [0.25, 0.3) is 60.9 Å². The average Bonchev–Trinajstić information content (AvgIpc) is 3.73. The molecule has 0 bridgehead atoms. The molecule has 10 aromatic carbocycles. The molecule has 0 saturated heterocycles. The highest BCUT2D eigenvalue weighted by atomic mass is 15.2. The Labute approximate surface area is 377 Å². The number of benzene rings is 10. The van der Waals surface area contributed by atoms with E-state index in [9.17, 15) is 2.74 Å². The van der Waals surface area contributed by atoms with Gasteiger partial charge in [0.05, 0.1) is 30.6 Å². The fourth-order valence-electron chi connectivity index (χ4n) is 8.73. The lowest BCUT2D eigenvalue weighted by Gasteiger charge is -2.34. The molecule has 0 spiro atoms. The van der Waals surface area contributed by atoms with Gasteiger partial charge in [-0.2, -0.15) is 0 Å². The number of rotatable bonds is 10. The highest BCUT2D eigenvalue weighted by molar-refractivity contribution is 6.09. The number of hydrogen-bond donors (Lipinski definition) is 0. The summed E-state index contributed by atoms with van der Waals surface area (Å²) in [5, 5.41) is 2.34. The van der Waals surface area contributed by atoms with Crippen LogP contribution in [-0.2, 0) is 0 Å². The molecule has 0 amide bonds. The molecule has 1 heterocycles. The summed E-state index contributed by atoms with van der Waals surface area (Å²) in [6.45, 7) is 0. The molecule has 11 aromatic rings. The Kier molecular flexibility index (Phi) is 8.28. The number of hydrogen-bond acceptors (Lipinski definition) is 2. The third-order valence-electron chi connectivity index (χ3n) is 11.6. The van der Waals surface area contributed by atoms with Crippen molar-refractivity contribution in [1.82, 2.24) is 4.57 Å². The van der Waals surface area contributed by atoms with Crippen molar-refractivity contribution in [2.75, 3.05) is 9.80 Å². The van der Waals surface area contributed by atoms with E-state index in [4.69, 9.17) is 5.48 Å². The van der Waals surface area contributed by atoms with Crippen LogP contribution in [0.5, 0.6) is 0 Å². The lowest BCUT2D eigenvalue weighted by atomic mass is 9.93. The largest absolute Gasteiger partial charge is 0.310 e. The van der Waals surface area contributed by atoms with Crippen LogP contribution in [0.2, 0.25) is 0 Å². The van der Waals surface area contributed by atoms with Gasteiger partial charge in [0, 0.05) is 44.8 Å². The van der Waals surface area contributed by atoms with Gasteiger partial charge >= 0.3 is 0 Å². The van der Waals surface area contributed by atoms with Gasteiger partial charge in [-0.25, -0.2) is 0 Å². The van der Waals surface area contributed by atoms with Crippen LogP contribution in [0.3, 0.4) is 0 Å². The zero-order valence-corrected chi connectivity index (χ0v) is 34.2. The smallest absolute Gasteiger partial charge is 0.0629 e. The molecule has 0 unspecified atom stereocenters. The van der Waals surface area contributed by atoms with Gasteiger partial charge in [0.2, 0.25) is 0 Å². The number of fused-ring (bicyclic) bond motifs is 3. The van der Waals surface area contributed by atoms with Gasteiger partial charge in [0.25, 0.3) is 0 Å². The first kappa shape index (κ1) is 31.5. The quantitative estimate of drug-likeness (QED) is 0.136. The van der Waals surface area contributed by atoms with Gasteiger partial charge in [0.1, 0.15) is 0 Å². The molecular formula is C60H43N3. The van der Waals surface area contributed by atoms with Crippen molar-refractivity contribution in [3.05, 3.63) is 261 Å². The minimum absolute atomic E-state index is 0.0910. The van der Waals surface area contributed by atoms with Crippen molar-refractivity contribution in [2.24, 2.45) is 0 Å². The molecule has 3 heteroatoms. The van der Waals surface area contributed by atoms with E-state index < -0.39 is 18.1 Å². The molecule has 0 aliphatic carbocycles. The molecule has 0 aliphatic rings. The normalized spacial score (nSPS) is 12.5. The second-order valence-electron chi connectivity index (χ2n) is 15.3. The van der Waals surface area contributed by atoms with Crippen molar-refractivity contribution >= 4 is 55.9 Å². The van der Waals surface area contributed by atoms with Crippen LogP contribution in [-0.4, -0.2) is 4.57 Å². The standard InChI is InChI=1S/C60H43N3/c1-6-20-44(21-7-1)46-34-38-52(39-35-46)62(51-28-14-5-15-29-51)59-43-48(45-22-8-2-9-23-45)42-58(61(49-24-10-3-11-25-49)50-26-12-4-13-27-50)60(59)47-36-40-53(41-37-47)63-56-32-18-16-30-54(56)55-31-17-19-33-57(55)63/h1-43H/i2D,8D,9D,20D,22D,23D. The van der Waals surface area contributed by atoms with Crippen LogP contribution in [0.15, 0.2) is 261 Å². The number of anilines is 6. The second kappa shape index (κ2) is 16.6. The molecule has 3 nitrogen and oxygen atoms in total. The maximum absolute atomic E-state index is 9.31. The van der Waals surface area contributed by atoms with E-state index in [-0.39, 0.29) is 17.6 Å². The molecule has 0 fully saturated rings. The minimum Gasteiger partial charge on any atom is -0.310 e. The van der Waals surface area contributed by atoms with Crippen molar-refractivity contribution in [3.8, 4) is 39.1 Å². The second-order valence-corrected chi connectivity index (χ2v) is 15.3. The topological polar surface area (TPSA) is 11.4 Å². The first-order chi connectivity index (χ1) is 33.8. The highest BCUT2D eigenvalue weighted by Gasteiger charge is 2.26. The molecule has 0 aliphatic heterocycles. The maximum atomic E-state index is 9.31. The summed E-state index contributed by atoms with van der Waals surface area (Å²) < 4.78 is 55.8. The van der Waals surface area contributed by atoms with E-state index in [1.807, 2.05) is 121 Å². The van der Waals surface area contributed by atoms with E-state index in [1.54, 1.807) is 6.07 Å². The highest BCUT2D eigenvalue weighted by Crippen LogP contribution is 2.51. The lowest BCUT2D eigenvalue weighted by Crippen LogP contribution is -2.16. The SMILES string of the molecule is [2H]c1ccccc1-c1ccc(N(c2ccccc2)c2cc(-c3c([2H])c([2H])c([2H])c([2H])c3[2H])cc(N(c3ccccc3)c3ccccc3)c2-c2ccc(-n3c4ccccc4c4ccccc43)cc2)cc1. The van der Waals surface area contributed by atoms with Crippen LogP contribution in [0.1, 0.15) is 8.22 Å². The molecule has 0 atom stereocenters. The van der Waals surface area contributed by atoms with Gasteiger partial charge in [-0.05, 0) is 113 Å². The lowest BCUT2D eigenvalue weighted by molar-refractivity contribution is 1.18. The van der Waals surface area contributed by atoms with Gasteiger partial charge in [-0.1, -0.05) is 176 Å². The summed E-state index contributed by atoms with van der Waals surface area (Å²) in [4.78, 5) is 4.35. The Hall–Kier alpha value is -8.40. The van der Waals surface area contributed by atoms with E-state index in [1.165, 1.54) is 10.8 Å². The first-order valence-corrected chi connectivity index (χ1v) is 21.0. The Morgan fingerprint density at radius 2 is 0.762 bits per heavy atom. The molecule has 1 aromatic heterocycles. The summed E-state index contributed by atoms with van der Waals surface area (Å²) >= 11 is 0. The number of aromatic nitrogens is 1. The molecule has 0 saturated carbocycles. The van der Waals surface area contributed by atoms with E-state index >= 15 is 0 Å². The third-order valence-corrected chi connectivity index (χ3v) is 11.6. The summed E-state index contributed by atoms with van der Waals surface area (Å²) in [5.74, 6) is 0. The van der Waals surface area contributed by atoms with Gasteiger partial charge in [-0.3, -0.25) is 0 Å². The Morgan fingerprint density at radius 3 is 1.29 bits per heavy atom. The van der Waals surface area contributed by atoms with Crippen molar-refractivity contribution < 1.29 is 8.22 Å². The van der Waals surface area contributed by atoms with Gasteiger partial charge < -0.3 is 14.4 Å². The van der Waals surface area contributed by atoms with Crippen molar-refractivity contribution in [1.29, 1.82) is 0 Å². The van der Waals surface area contributed by atoms with Crippen LogP contribution >= 0.6 is 0 Å². The zero-order chi connectivity index (χ0) is 47.2. The Morgan fingerprint density at radius 1 is 0.317 bits per heavy atom. The third kappa shape index (κ3) is 7.12. The van der Waals surface area contributed by atoms with Crippen LogP contribution in [0.4, 0.5) is 34.1 Å². The fourth-order valence-corrected chi connectivity index (χ4v) is 8.73. The molecule has 0 N–H and O–H groups in total. The summed E-state index contributed by atoms with van der Waals surface area (Å²) in [5.41, 5.74) is 11.9. The zero-order valence-electron chi connectivity index (χ0n) is 40.2. The monoisotopic (exact) mass is 811 g/mol. The van der Waals surface area contributed by atoms with Gasteiger partial charge in [0.15, 0.2) is 0 Å². The predicted molar refractivity (Wildman–Crippen MR) is 266 cm³/mol. The number of para-hydroxylation sites is 5. The summed E-state index contributed by atoms with van der Waals surface area (Å²) in [7, 11) is 0. The summed E-state index contributed by atoms with van der Waals surface area (Å²) in [6, 6.07) is 73.9. The molecular weight excluding hydrogens is 763 g/mol.